The van der Waals surface area contributed by atoms with Crippen LogP contribution < -0.4 is 15.4 Å². The van der Waals surface area contributed by atoms with Crippen molar-refractivity contribution >= 4 is 23.2 Å². The number of rotatable bonds is 7. The number of nitrogens with one attached hydrogen (secondary N) is 2. The Bertz CT molecular complexity index is 1050. The van der Waals surface area contributed by atoms with Gasteiger partial charge in [0.05, 0.1) is 13.2 Å². The Kier molecular flexibility index (Phi) is 7.19. The Labute approximate surface area is 192 Å². The van der Waals surface area contributed by atoms with Crippen LogP contribution in [0.2, 0.25) is 0 Å². The molecule has 32 heavy (non-hydrogen) atoms. The number of nitrogens with zero attached hydrogens (tertiary/aromatic N) is 1. The van der Waals surface area contributed by atoms with Crippen LogP contribution in [0.3, 0.4) is 0 Å². The molecule has 0 saturated heterocycles. The molecule has 1 aliphatic rings. The molecule has 2 heterocycles. The average molecular weight is 450 g/mol. The Morgan fingerprint density at radius 1 is 1.00 bits per heavy atom. The van der Waals surface area contributed by atoms with Gasteiger partial charge in [0.15, 0.2) is 0 Å². The fourth-order valence-electron chi connectivity index (χ4n) is 3.95. The minimum Gasteiger partial charge on any atom is -0.497 e. The minimum atomic E-state index is -0.630. The van der Waals surface area contributed by atoms with E-state index in [1.165, 1.54) is 16.0 Å². The van der Waals surface area contributed by atoms with Crippen molar-refractivity contribution in [2.24, 2.45) is 0 Å². The zero-order valence-corrected chi connectivity index (χ0v) is 18.9. The maximum Gasteiger partial charge on any atom is 0.309 e. The van der Waals surface area contributed by atoms with Crippen LogP contribution in [0.1, 0.15) is 27.6 Å². The van der Waals surface area contributed by atoms with E-state index < -0.39 is 11.8 Å². The van der Waals surface area contributed by atoms with Gasteiger partial charge in [0.2, 0.25) is 0 Å². The maximum absolute atomic E-state index is 12.5. The lowest BCUT2D eigenvalue weighted by Gasteiger charge is -2.35. The highest BCUT2D eigenvalue weighted by molar-refractivity contribution is 7.10. The number of thiophene rings is 1. The van der Waals surface area contributed by atoms with Gasteiger partial charge in [-0.15, -0.1) is 11.3 Å². The Morgan fingerprint density at radius 2 is 1.75 bits per heavy atom. The molecule has 1 aromatic heterocycles. The Hall–Kier alpha value is -3.16. The molecule has 6 nitrogen and oxygen atoms in total. The number of ether oxygens (including phenoxy) is 1. The van der Waals surface area contributed by atoms with Gasteiger partial charge in [0.1, 0.15) is 5.75 Å². The fraction of sp³-hybridized carbons (Fsp3) is 0.280. The van der Waals surface area contributed by atoms with Gasteiger partial charge >= 0.3 is 11.8 Å². The SMILES string of the molecule is COc1ccc(CNC(=O)C(=O)NC[C@@H](c2cccs2)N2CCc3ccccc3C2)cc1. The highest BCUT2D eigenvalue weighted by atomic mass is 32.1. The van der Waals surface area contributed by atoms with Crippen LogP contribution in [0, 0.1) is 0 Å². The van der Waals surface area contributed by atoms with E-state index >= 15 is 0 Å². The summed E-state index contributed by atoms with van der Waals surface area (Å²) < 4.78 is 5.13. The molecule has 0 spiro atoms. The van der Waals surface area contributed by atoms with E-state index in [0.29, 0.717) is 6.54 Å². The van der Waals surface area contributed by atoms with Crippen molar-refractivity contribution in [3.05, 3.63) is 87.6 Å². The molecule has 3 aromatic rings. The van der Waals surface area contributed by atoms with E-state index in [1.807, 2.05) is 35.7 Å². The van der Waals surface area contributed by atoms with E-state index in [2.05, 4.69) is 45.9 Å². The molecule has 7 heteroatoms. The molecule has 0 aliphatic carbocycles. The first-order valence-electron chi connectivity index (χ1n) is 10.7. The van der Waals surface area contributed by atoms with Crippen molar-refractivity contribution in [2.75, 3.05) is 20.2 Å². The lowest BCUT2D eigenvalue weighted by Crippen LogP contribution is -2.44. The van der Waals surface area contributed by atoms with Crippen LogP contribution in [0.4, 0.5) is 0 Å². The van der Waals surface area contributed by atoms with Crippen LogP contribution in [-0.2, 0) is 29.1 Å². The van der Waals surface area contributed by atoms with Gasteiger partial charge in [-0.3, -0.25) is 14.5 Å². The molecule has 0 saturated carbocycles. The minimum absolute atomic E-state index is 0.0293. The lowest BCUT2D eigenvalue weighted by atomic mass is 9.98. The summed E-state index contributed by atoms with van der Waals surface area (Å²) in [6, 6.07) is 20.0. The molecule has 0 fully saturated rings. The molecule has 2 amide bonds. The van der Waals surface area contributed by atoms with Crippen molar-refractivity contribution in [3.8, 4) is 5.75 Å². The molecule has 0 unspecified atom stereocenters. The van der Waals surface area contributed by atoms with Crippen LogP contribution >= 0.6 is 11.3 Å². The second kappa shape index (κ2) is 10.4. The van der Waals surface area contributed by atoms with Gasteiger partial charge in [-0.25, -0.2) is 0 Å². The highest BCUT2D eigenvalue weighted by Gasteiger charge is 2.26. The van der Waals surface area contributed by atoms with Crippen LogP contribution in [0.25, 0.3) is 0 Å². The third-order valence-electron chi connectivity index (χ3n) is 5.75. The summed E-state index contributed by atoms with van der Waals surface area (Å²) in [6.45, 7) is 2.42. The number of amides is 2. The lowest BCUT2D eigenvalue weighted by molar-refractivity contribution is -0.139. The molecule has 166 valence electrons. The first-order chi connectivity index (χ1) is 15.6. The van der Waals surface area contributed by atoms with Gasteiger partial charge in [-0.05, 0) is 46.7 Å². The van der Waals surface area contributed by atoms with E-state index in [0.717, 1.165) is 30.8 Å². The van der Waals surface area contributed by atoms with E-state index in [-0.39, 0.29) is 12.6 Å². The predicted molar refractivity (Wildman–Crippen MR) is 125 cm³/mol. The largest absolute Gasteiger partial charge is 0.497 e. The molecule has 2 aromatic carbocycles. The molecular formula is C25H27N3O3S. The van der Waals surface area contributed by atoms with Gasteiger partial charge in [0.25, 0.3) is 0 Å². The number of methoxy groups -OCH3 is 1. The number of carbonyl (C=O) groups is 2. The molecule has 1 atom stereocenters. The molecule has 1 aliphatic heterocycles. The molecule has 0 bridgehead atoms. The Balaban J connectivity index is 1.34. The van der Waals surface area contributed by atoms with E-state index in [1.54, 1.807) is 18.4 Å². The zero-order chi connectivity index (χ0) is 22.3. The Morgan fingerprint density at radius 3 is 2.47 bits per heavy atom. The standard InChI is InChI=1S/C25H27N3O3S/c1-31-21-10-8-18(9-11-21)15-26-24(29)25(30)27-16-22(23-7-4-14-32-23)28-13-12-19-5-2-3-6-20(19)17-28/h2-11,14,22H,12-13,15-17H2,1H3,(H,26,29)(H,27,30)/t22-/m0/s1. The highest BCUT2D eigenvalue weighted by Crippen LogP contribution is 2.30. The fourth-order valence-corrected chi connectivity index (χ4v) is 4.81. The third kappa shape index (κ3) is 5.36. The number of fused-ring (bicyclic) bond motifs is 1. The van der Waals surface area contributed by atoms with Gasteiger partial charge < -0.3 is 15.4 Å². The number of carbonyl (C=O) groups excluding carboxylic acids is 2. The zero-order valence-electron chi connectivity index (χ0n) is 18.0. The normalized spacial score (nSPS) is 14.3. The maximum atomic E-state index is 12.5. The van der Waals surface area contributed by atoms with E-state index in [4.69, 9.17) is 4.74 Å². The molecule has 4 rings (SSSR count). The van der Waals surface area contributed by atoms with Crippen LogP contribution in [-0.4, -0.2) is 36.9 Å². The second-order valence-corrected chi connectivity index (χ2v) is 8.74. The van der Waals surface area contributed by atoms with Gasteiger partial charge in [-0.1, -0.05) is 42.5 Å². The van der Waals surface area contributed by atoms with Crippen LogP contribution in [0.15, 0.2) is 66.0 Å². The summed E-state index contributed by atoms with van der Waals surface area (Å²) in [6.07, 6.45) is 0.980. The first-order valence-corrected chi connectivity index (χ1v) is 11.5. The summed E-state index contributed by atoms with van der Waals surface area (Å²) in [5.74, 6) is -0.495. The first kappa shape index (κ1) is 22.0. The quantitative estimate of drug-likeness (QED) is 0.543. The third-order valence-corrected chi connectivity index (χ3v) is 6.72. The monoisotopic (exact) mass is 449 g/mol. The summed E-state index contributed by atoms with van der Waals surface area (Å²) in [5, 5.41) is 7.57. The topological polar surface area (TPSA) is 70.7 Å². The summed E-state index contributed by atoms with van der Waals surface area (Å²) >= 11 is 1.67. The smallest absolute Gasteiger partial charge is 0.309 e. The summed E-state index contributed by atoms with van der Waals surface area (Å²) in [7, 11) is 1.60. The predicted octanol–water partition coefficient (Wildman–Crippen LogP) is 3.29. The molecule has 2 N–H and O–H groups in total. The molecular weight excluding hydrogens is 422 g/mol. The second-order valence-electron chi connectivity index (χ2n) is 7.76. The van der Waals surface area contributed by atoms with Crippen LogP contribution in [0.5, 0.6) is 5.75 Å². The van der Waals surface area contributed by atoms with Crippen molar-refractivity contribution < 1.29 is 14.3 Å². The summed E-state index contributed by atoms with van der Waals surface area (Å²) in [5.41, 5.74) is 3.61. The van der Waals surface area contributed by atoms with Crippen molar-refractivity contribution in [3.63, 3.8) is 0 Å². The summed E-state index contributed by atoms with van der Waals surface area (Å²) in [4.78, 5) is 28.3. The number of hydrogen-bond acceptors (Lipinski definition) is 5. The van der Waals surface area contributed by atoms with Gasteiger partial charge in [0, 0.05) is 31.1 Å². The van der Waals surface area contributed by atoms with E-state index in [9.17, 15) is 9.59 Å². The number of hydrogen-bond donors (Lipinski definition) is 2. The van der Waals surface area contributed by atoms with Crippen molar-refractivity contribution in [2.45, 2.75) is 25.6 Å². The average Bonchev–Trinajstić information content (AvgIpc) is 3.37. The van der Waals surface area contributed by atoms with Crippen molar-refractivity contribution in [1.82, 2.24) is 15.5 Å². The van der Waals surface area contributed by atoms with Crippen molar-refractivity contribution in [1.29, 1.82) is 0 Å². The number of benzene rings is 2. The molecule has 0 radical (unpaired) electrons. The van der Waals surface area contributed by atoms with Gasteiger partial charge in [-0.2, -0.15) is 0 Å².